The molecule has 0 bridgehead atoms. The molecule has 17 heavy (non-hydrogen) atoms. The number of rotatable bonds is 4. The molecule has 5 heteroatoms. The summed E-state index contributed by atoms with van der Waals surface area (Å²) in [6.45, 7) is 5.58. The summed E-state index contributed by atoms with van der Waals surface area (Å²) in [7, 11) is 0. The van der Waals surface area contributed by atoms with Gasteiger partial charge in [-0.15, -0.1) is 0 Å². The van der Waals surface area contributed by atoms with Gasteiger partial charge in [0.05, 0.1) is 0 Å². The third-order valence-corrected chi connectivity index (χ3v) is 3.09. The monoisotopic (exact) mass is 238 g/mol. The van der Waals surface area contributed by atoms with E-state index in [1.54, 1.807) is 13.8 Å². The fraction of sp³-hybridized carbons (Fsp3) is 0.583. The Bertz CT molecular complexity index is 352. The van der Waals surface area contributed by atoms with Crippen LogP contribution < -0.4 is 10.6 Å². The molecule has 0 aliphatic carbocycles. The van der Waals surface area contributed by atoms with Gasteiger partial charge in [-0.25, -0.2) is 4.79 Å². The predicted molar refractivity (Wildman–Crippen MR) is 63.0 cm³/mol. The quantitative estimate of drug-likeness (QED) is 0.573. The molecule has 0 aromatic heterocycles. The zero-order valence-corrected chi connectivity index (χ0v) is 10.4. The van der Waals surface area contributed by atoms with E-state index in [9.17, 15) is 14.4 Å². The second-order valence-electron chi connectivity index (χ2n) is 4.45. The van der Waals surface area contributed by atoms with Crippen molar-refractivity contribution in [2.24, 2.45) is 11.3 Å². The number of amides is 4. The van der Waals surface area contributed by atoms with Gasteiger partial charge in [-0.2, -0.15) is 0 Å². The highest BCUT2D eigenvalue weighted by Crippen LogP contribution is 2.34. The average molecular weight is 238 g/mol. The largest absolute Gasteiger partial charge is 0.328 e. The minimum Gasteiger partial charge on any atom is -0.277 e. The van der Waals surface area contributed by atoms with Crippen LogP contribution in [0.3, 0.4) is 0 Å². The minimum absolute atomic E-state index is 0.183. The average Bonchev–Trinajstić information content (AvgIpc) is 2.21. The second kappa shape index (κ2) is 5.12. The molecular formula is C12H18N2O3. The van der Waals surface area contributed by atoms with Crippen LogP contribution in [-0.4, -0.2) is 17.8 Å². The van der Waals surface area contributed by atoms with Crippen molar-refractivity contribution in [1.29, 1.82) is 0 Å². The molecule has 94 valence electrons. The van der Waals surface area contributed by atoms with E-state index < -0.39 is 23.3 Å². The topological polar surface area (TPSA) is 75.3 Å². The summed E-state index contributed by atoms with van der Waals surface area (Å²) in [6.07, 6.45) is 4.87. The van der Waals surface area contributed by atoms with E-state index in [-0.39, 0.29) is 5.92 Å². The van der Waals surface area contributed by atoms with Crippen molar-refractivity contribution in [3.63, 3.8) is 0 Å². The molecule has 0 saturated carbocycles. The van der Waals surface area contributed by atoms with Gasteiger partial charge < -0.3 is 0 Å². The smallest absolute Gasteiger partial charge is 0.277 e. The fourth-order valence-electron chi connectivity index (χ4n) is 1.95. The zero-order valence-electron chi connectivity index (χ0n) is 10.4. The van der Waals surface area contributed by atoms with Crippen molar-refractivity contribution in [3.05, 3.63) is 12.2 Å². The van der Waals surface area contributed by atoms with Gasteiger partial charge in [-0.1, -0.05) is 32.9 Å². The third-order valence-electron chi connectivity index (χ3n) is 3.09. The first kappa shape index (κ1) is 13.4. The number of hydrogen-bond donors (Lipinski definition) is 2. The van der Waals surface area contributed by atoms with Gasteiger partial charge in [0.15, 0.2) is 0 Å². The van der Waals surface area contributed by atoms with Gasteiger partial charge in [0.25, 0.3) is 0 Å². The minimum atomic E-state index is -1.18. The summed E-state index contributed by atoms with van der Waals surface area (Å²) < 4.78 is 0. The lowest BCUT2D eigenvalue weighted by Gasteiger charge is -2.36. The molecule has 0 spiro atoms. The number of urea groups is 1. The van der Waals surface area contributed by atoms with Gasteiger partial charge >= 0.3 is 6.03 Å². The molecule has 0 aromatic carbocycles. The lowest BCUT2D eigenvalue weighted by atomic mass is 9.72. The summed E-state index contributed by atoms with van der Waals surface area (Å²) in [4.78, 5) is 34.9. The molecule has 1 rings (SSSR count). The van der Waals surface area contributed by atoms with Crippen LogP contribution in [0.4, 0.5) is 4.79 Å². The molecule has 0 unspecified atom stereocenters. The Balaban J connectivity index is 3.04. The zero-order chi connectivity index (χ0) is 13.1. The Morgan fingerprint density at radius 1 is 1.12 bits per heavy atom. The van der Waals surface area contributed by atoms with Crippen LogP contribution in [-0.2, 0) is 9.59 Å². The summed E-state index contributed by atoms with van der Waals surface area (Å²) in [5, 5.41) is 4.33. The molecule has 2 N–H and O–H groups in total. The number of hydrogen-bond acceptors (Lipinski definition) is 3. The summed E-state index contributed by atoms with van der Waals surface area (Å²) >= 11 is 0. The maximum atomic E-state index is 11.9. The molecule has 1 fully saturated rings. The molecule has 1 aliphatic rings. The lowest BCUT2D eigenvalue weighted by molar-refractivity contribution is -0.147. The summed E-state index contributed by atoms with van der Waals surface area (Å²) in [5.41, 5.74) is -1.18. The van der Waals surface area contributed by atoms with E-state index in [2.05, 4.69) is 10.6 Å². The van der Waals surface area contributed by atoms with Gasteiger partial charge in [0.2, 0.25) is 11.8 Å². The van der Waals surface area contributed by atoms with Crippen molar-refractivity contribution in [1.82, 2.24) is 10.6 Å². The molecule has 4 amide bonds. The van der Waals surface area contributed by atoms with Crippen LogP contribution in [0.1, 0.15) is 33.6 Å². The highest BCUT2D eigenvalue weighted by molar-refractivity contribution is 6.19. The van der Waals surface area contributed by atoms with Crippen LogP contribution in [0, 0.1) is 11.3 Å². The van der Waals surface area contributed by atoms with Crippen LogP contribution in [0.25, 0.3) is 0 Å². The normalized spacial score (nSPS) is 19.6. The van der Waals surface area contributed by atoms with Crippen LogP contribution >= 0.6 is 0 Å². The van der Waals surface area contributed by atoms with Gasteiger partial charge in [-0.05, 0) is 18.8 Å². The Hall–Kier alpha value is -1.65. The number of carbonyl (C=O) groups is 3. The Morgan fingerprint density at radius 2 is 1.65 bits per heavy atom. The molecule has 0 aromatic rings. The lowest BCUT2D eigenvalue weighted by Crippen LogP contribution is -2.64. The van der Waals surface area contributed by atoms with Gasteiger partial charge in [0, 0.05) is 0 Å². The van der Waals surface area contributed by atoms with Gasteiger partial charge in [0.1, 0.15) is 5.41 Å². The SMILES string of the molecule is CCC=CCC1(C(C)C)C(=O)NC(=O)NC1=O. The Kier molecular flexibility index (Phi) is 4.04. The van der Waals surface area contributed by atoms with Crippen molar-refractivity contribution in [3.8, 4) is 0 Å². The summed E-state index contributed by atoms with van der Waals surface area (Å²) in [5.74, 6) is -1.21. The van der Waals surface area contributed by atoms with Crippen LogP contribution in [0.5, 0.6) is 0 Å². The number of carbonyl (C=O) groups excluding carboxylic acids is 3. The molecule has 1 aliphatic heterocycles. The van der Waals surface area contributed by atoms with E-state index in [0.29, 0.717) is 6.42 Å². The first-order valence-corrected chi connectivity index (χ1v) is 5.77. The first-order valence-electron chi connectivity index (χ1n) is 5.77. The maximum absolute atomic E-state index is 11.9. The molecule has 5 nitrogen and oxygen atoms in total. The van der Waals surface area contributed by atoms with E-state index in [0.717, 1.165) is 6.42 Å². The molecule has 1 saturated heterocycles. The maximum Gasteiger partial charge on any atom is 0.328 e. The van der Waals surface area contributed by atoms with E-state index in [1.807, 2.05) is 19.1 Å². The molecule has 0 atom stereocenters. The van der Waals surface area contributed by atoms with Gasteiger partial charge in [-0.3, -0.25) is 20.2 Å². The van der Waals surface area contributed by atoms with E-state index in [1.165, 1.54) is 0 Å². The Labute approximate surface area is 101 Å². The number of barbiturate groups is 1. The second-order valence-corrected chi connectivity index (χ2v) is 4.45. The Morgan fingerprint density at radius 3 is 2.06 bits per heavy atom. The fourth-order valence-corrected chi connectivity index (χ4v) is 1.95. The van der Waals surface area contributed by atoms with Crippen LogP contribution in [0.15, 0.2) is 12.2 Å². The van der Waals surface area contributed by atoms with Crippen molar-refractivity contribution >= 4 is 17.8 Å². The van der Waals surface area contributed by atoms with Crippen molar-refractivity contribution in [2.45, 2.75) is 33.6 Å². The highest BCUT2D eigenvalue weighted by atomic mass is 16.2. The number of imide groups is 2. The highest BCUT2D eigenvalue weighted by Gasteiger charge is 2.51. The predicted octanol–water partition coefficient (Wildman–Crippen LogP) is 1.35. The van der Waals surface area contributed by atoms with E-state index in [4.69, 9.17) is 0 Å². The summed E-state index contributed by atoms with van der Waals surface area (Å²) in [6, 6.07) is -0.740. The van der Waals surface area contributed by atoms with Crippen molar-refractivity contribution < 1.29 is 14.4 Å². The number of allylic oxidation sites excluding steroid dienone is 2. The molecule has 1 heterocycles. The van der Waals surface area contributed by atoms with E-state index >= 15 is 0 Å². The third kappa shape index (κ3) is 2.38. The van der Waals surface area contributed by atoms with Crippen molar-refractivity contribution in [2.75, 3.05) is 0 Å². The molecule has 0 radical (unpaired) electrons. The standard InChI is InChI=1S/C12H18N2O3/c1-4-5-6-7-12(8(2)3)9(15)13-11(17)14-10(12)16/h5-6,8H,4,7H2,1-3H3,(H2,13,14,15,16,17). The number of nitrogens with one attached hydrogen (secondary N) is 2. The first-order chi connectivity index (χ1) is 7.95. The molecular weight excluding hydrogens is 220 g/mol. The van der Waals surface area contributed by atoms with Crippen LogP contribution in [0.2, 0.25) is 0 Å².